The Balaban J connectivity index is 3.12. The van der Waals surface area contributed by atoms with Crippen molar-refractivity contribution in [2.24, 2.45) is 0 Å². The first-order valence-corrected chi connectivity index (χ1v) is 9.21. The van der Waals surface area contributed by atoms with Crippen LogP contribution < -0.4 is 0 Å². The summed E-state index contributed by atoms with van der Waals surface area (Å²) < 4.78 is 0. The lowest BCUT2D eigenvalue weighted by atomic mass is 9.84. The number of rotatable bonds is 16. The average molecular weight is 299 g/mol. The molecular formula is C17H38BNO2. The molecule has 0 rings (SSSR count). The van der Waals surface area contributed by atoms with E-state index in [1.165, 1.54) is 70.8 Å². The highest BCUT2D eigenvalue weighted by Gasteiger charge is 2.05. The van der Waals surface area contributed by atoms with Crippen LogP contribution in [-0.2, 0) is 0 Å². The zero-order chi connectivity index (χ0) is 15.8. The highest BCUT2D eigenvalue weighted by Crippen LogP contribution is 2.10. The Morgan fingerprint density at radius 2 is 1.10 bits per heavy atom. The van der Waals surface area contributed by atoms with Gasteiger partial charge in [0.05, 0.1) is 0 Å². The number of nitrogens with zero attached hydrogens (tertiary/aromatic N) is 1. The summed E-state index contributed by atoms with van der Waals surface area (Å²) >= 11 is 0. The third-order valence-corrected chi connectivity index (χ3v) is 4.15. The van der Waals surface area contributed by atoms with Gasteiger partial charge in [0.2, 0.25) is 0 Å². The van der Waals surface area contributed by atoms with Gasteiger partial charge in [0.25, 0.3) is 0 Å². The van der Waals surface area contributed by atoms with Crippen molar-refractivity contribution >= 4 is 7.12 Å². The molecule has 0 spiro atoms. The molecule has 0 aliphatic carbocycles. The highest BCUT2D eigenvalue weighted by molar-refractivity contribution is 6.40. The van der Waals surface area contributed by atoms with E-state index < -0.39 is 7.12 Å². The molecule has 0 bridgehead atoms. The minimum Gasteiger partial charge on any atom is -0.427 e. The second-order valence-corrected chi connectivity index (χ2v) is 6.46. The predicted octanol–water partition coefficient (Wildman–Crippen LogP) is 4.09. The minimum atomic E-state index is -1.13. The molecule has 2 N–H and O–H groups in total. The van der Waals surface area contributed by atoms with Gasteiger partial charge in [-0.3, -0.25) is 0 Å². The molecule has 0 aliphatic rings. The van der Waals surface area contributed by atoms with Crippen molar-refractivity contribution in [2.75, 3.05) is 20.1 Å². The van der Waals surface area contributed by atoms with Crippen molar-refractivity contribution in [3.05, 3.63) is 0 Å². The van der Waals surface area contributed by atoms with Crippen LogP contribution in [0.2, 0.25) is 6.32 Å². The van der Waals surface area contributed by atoms with Crippen LogP contribution in [0.5, 0.6) is 0 Å². The fourth-order valence-electron chi connectivity index (χ4n) is 2.69. The van der Waals surface area contributed by atoms with Gasteiger partial charge in [-0.25, -0.2) is 0 Å². The number of unbranched alkanes of at least 4 members (excludes halogenated alkanes) is 10. The van der Waals surface area contributed by atoms with E-state index in [4.69, 9.17) is 10.0 Å². The van der Waals surface area contributed by atoms with Gasteiger partial charge in [-0.1, -0.05) is 71.1 Å². The second-order valence-electron chi connectivity index (χ2n) is 6.46. The van der Waals surface area contributed by atoms with Crippen LogP contribution in [0.4, 0.5) is 0 Å². The minimum absolute atomic E-state index is 0.506. The third-order valence-electron chi connectivity index (χ3n) is 4.15. The Morgan fingerprint density at radius 3 is 1.57 bits per heavy atom. The summed E-state index contributed by atoms with van der Waals surface area (Å²) in [6.07, 6.45) is 16.4. The van der Waals surface area contributed by atoms with Gasteiger partial charge in [0, 0.05) is 0 Å². The van der Waals surface area contributed by atoms with E-state index in [0.29, 0.717) is 6.32 Å². The Kier molecular flexibility index (Phi) is 16.3. The van der Waals surface area contributed by atoms with Gasteiger partial charge in [-0.05, 0) is 39.3 Å². The van der Waals surface area contributed by atoms with Crippen molar-refractivity contribution in [3.63, 3.8) is 0 Å². The molecule has 0 radical (unpaired) electrons. The summed E-state index contributed by atoms with van der Waals surface area (Å²) in [5.74, 6) is 0. The maximum absolute atomic E-state index is 8.76. The van der Waals surface area contributed by atoms with Gasteiger partial charge in [-0.2, -0.15) is 0 Å². The van der Waals surface area contributed by atoms with E-state index >= 15 is 0 Å². The summed E-state index contributed by atoms with van der Waals surface area (Å²) in [5.41, 5.74) is 0. The molecular weight excluding hydrogens is 261 g/mol. The van der Waals surface area contributed by atoms with Crippen LogP contribution in [0.25, 0.3) is 0 Å². The lowest BCUT2D eigenvalue weighted by Gasteiger charge is -2.16. The lowest BCUT2D eigenvalue weighted by Crippen LogP contribution is -2.21. The molecule has 0 atom stereocenters. The molecule has 0 unspecified atom stereocenters. The van der Waals surface area contributed by atoms with Crippen LogP contribution >= 0.6 is 0 Å². The molecule has 0 aromatic heterocycles. The van der Waals surface area contributed by atoms with Crippen LogP contribution in [0.1, 0.15) is 84.0 Å². The fourth-order valence-corrected chi connectivity index (χ4v) is 2.69. The first kappa shape index (κ1) is 20.9. The average Bonchev–Trinajstić information content (AvgIpc) is 2.45. The van der Waals surface area contributed by atoms with Gasteiger partial charge >= 0.3 is 7.12 Å². The monoisotopic (exact) mass is 299 g/mol. The summed E-state index contributed by atoms with van der Waals surface area (Å²) in [5, 5.41) is 17.5. The summed E-state index contributed by atoms with van der Waals surface area (Å²) in [7, 11) is 1.04. The van der Waals surface area contributed by atoms with E-state index in [0.717, 1.165) is 19.4 Å². The Bertz CT molecular complexity index is 203. The molecule has 0 aliphatic heterocycles. The second kappa shape index (κ2) is 16.3. The van der Waals surface area contributed by atoms with E-state index in [1.54, 1.807) is 0 Å². The predicted molar refractivity (Wildman–Crippen MR) is 93.6 cm³/mol. The summed E-state index contributed by atoms with van der Waals surface area (Å²) in [6, 6.07) is 0. The van der Waals surface area contributed by atoms with Gasteiger partial charge in [0.1, 0.15) is 0 Å². The largest absolute Gasteiger partial charge is 0.451 e. The molecule has 0 aromatic rings. The molecule has 0 saturated heterocycles. The van der Waals surface area contributed by atoms with Crippen molar-refractivity contribution in [3.8, 4) is 0 Å². The molecule has 0 fully saturated rings. The van der Waals surface area contributed by atoms with E-state index in [1.807, 2.05) is 0 Å². The SMILES string of the molecule is CCCCCCCCCCCCN(C)CCCCB(O)O. The Hall–Kier alpha value is -0.0551. The normalized spacial score (nSPS) is 11.3. The fraction of sp³-hybridized carbons (Fsp3) is 1.00. The van der Waals surface area contributed by atoms with Gasteiger partial charge in [-0.15, -0.1) is 0 Å². The van der Waals surface area contributed by atoms with Crippen LogP contribution in [0, 0.1) is 0 Å². The zero-order valence-corrected chi connectivity index (χ0v) is 14.5. The van der Waals surface area contributed by atoms with Crippen molar-refractivity contribution in [1.29, 1.82) is 0 Å². The molecule has 0 amide bonds. The topological polar surface area (TPSA) is 43.7 Å². The van der Waals surface area contributed by atoms with Crippen molar-refractivity contribution in [2.45, 2.75) is 90.3 Å². The Morgan fingerprint density at radius 1 is 0.667 bits per heavy atom. The van der Waals surface area contributed by atoms with Crippen molar-refractivity contribution < 1.29 is 10.0 Å². The molecule has 4 heteroatoms. The highest BCUT2D eigenvalue weighted by atomic mass is 16.4. The van der Waals surface area contributed by atoms with E-state index in [-0.39, 0.29) is 0 Å². The molecule has 21 heavy (non-hydrogen) atoms. The van der Waals surface area contributed by atoms with Gasteiger partial charge in [0.15, 0.2) is 0 Å². The van der Waals surface area contributed by atoms with Crippen LogP contribution in [0.15, 0.2) is 0 Å². The molecule has 3 nitrogen and oxygen atoms in total. The quantitative estimate of drug-likeness (QED) is 0.333. The van der Waals surface area contributed by atoms with Gasteiger partial charge < -0.3 is 14.9 Å². The van der Waals surface area contributed by atoms with E-state index in [9.17, 15) is 0 Å². The Labute approximate surface area is 133 Å². The van der Waals surface area contributed by atoms with Crippen LogP contribution in [0.3, 0.4) is 0 Å². The van der Waals surface area contributed by atoms with Crippen LogP contribution in [-0.4, -0.2) is 42.2 Å². The summed E-state index contributed by atoms with van der Waals surface area (Å²) in [4.78, 5) is 2.37. The maximum atomic E-state index is 8.76. The maximum Gasteiger partial charge on any atom is 0.451 e. The number of hydrogen-bond acceptors (Lipinski definition) is 3. The third kappa shape index (κ3) is 17.9. The standard InChI is InChI=1S/C17H38BNO2/c1-3-4-5-6-7-8-9-10-11-13-16-19(2)17-14-12-15-18(20)21/h20-21H,3-17H2,1-2H3. The number of hydrogen-bond donors (Lipinski definition) is 2. The molecule has 0 aromatic carbocycles. The molecule has 0 saturated carbocycles. The molecule has 0 heterocycles. The molecule has 126 valence electrons. The smallest absolute Gasteiger partial charge is 0.427 e. The lowest BCUT2D eigenvalue weighted by molar-refractivity contribution is 0.315. The zero-order valence-electron chi connectivity index (χ0n) is 14.5. The summed E-state index contributed by atoms with van der Waals surface area (Å²) in [6.45, 7) is 4.52. The van der Waals surface area contributed by atoms with E-state index in [2.05, 4.69) is 18.9 Å². The first-order chi connectivity index (χ1) is 10.2. The first-order valence-electron chi connectivity index (χ1n) is 9.21. The van der Waals surface area contributed by atoms with Crippen molar-refractivity contribution in [1.82, 2.24) is 4.90 Å².